The standard InChI is InChI=1S/C18H15ClNO/c1-13(18(21)15-8-10-16(19)11-9-15)20-12-4-6-14-5-2-3-7-17(14)20/h2-13H,1H3/q+1/t13-/m1/s1. The Morgan fingerprint density at radius 2 is 1.67 bits per heavy atom. The van der Waals surface area contributed by atoms with E-state index in [1.165, 1.54) is 0 Å². The minimum absolute atomic E-state index is 0.0769. The molecule has 0 fully saturated rings. The van der Waals surface area contributed by atoms with Crippen LogP contribution in [0.2, 0.25) is 5.02 Å². The van der Waals surface area contributed by atoms with Gasteiger partial charge >= 0.3 is 0 Å². The number of nitrogens with zero attached hydrogens (tertiary/aromatic N) is 1. The third kappa shape index (κ3) is 2.67. The quantitative estimate of drug-likeness (QED) is 0.523. The largest absolute Gasteiger partial charge is 0.287 e. The van der Waals surface area contributed by atoms with Crippen LogP contribution in [0.4, 0.5) is 0 Å². The van der Waals surface area contributed by atoms with Crippen LogP contribution in [0.15, 0.2) is 66.9 Å². The number of rotatable bonds is 3. The lowest BCUT2D eigenvalue weighted by molar-refractivity contribution is -0.679. The van der Waals surface area contributed by atoms with Crippen molar-refractivity contribution < 1.29 is 9.36 Å². The molecule has 0 radical (unpaired) electrons. The highest BCUT2D eigenvalue weighted by Crippen LogP contribution is 2.16. The molecule has 0 amide bonds. The summed E-state index contributed by atoms with van der Waals surface area (Å²) < 4.78 is 2.01. The minimum Gasteiger partial charge on any atom is -0.287 e. The maximum absolute atomic E-state index is 12.6. The second kappa shape index (κ2) is 5.66. The number of hydrogen-bond donors (Lipinski definition) is 0. The number of carbonyl (C=O) groups is 1. The monoisotopic (exact) mass is 296 g/mol. The molecule has 0 saturated carbocycles. The van der Waals surface area contributed by atoms with Gasteiger partial charge in [0.1, 0.15) is 0 Å². The number of carbonyl (C=O) groups excluding carboxylic acids is 1. The number of aromatic nitrogens is 1. The molecule has 0 saturated heterocycles. The molecule has 21 heavy (non-hydrogen) atoms. The summed E-state index contributed by atoms with van der Waals surface area (Å²) in [5, 5.41) is 1.76. The smallest absolute Gasteiger partial charge is 0.230 e. The van der Waals surface area contributed by atoms with Gasteiger partial charge in [-0.05, 0) is 36.4 Å². The summed E-state index contributed by atoms with van der Waals surface area (Å²) in [4.78, 5) is 12.6. The zero-order chi connectivity index (χ0) is 14.8. The van der Waals surface area contributed by atoms with E-state index in [1.54, 1.807) is 24.3 Å². The van der Waals surface area contributed by atoms with Crippen molar-refractivity contribution in [3.05, 3.63) is 77.4 Å². The Morgan fingerprint density at radius 3 is 2.43 bits per heavy atom. The van der Waals surface area contributed by atoms with E-state index in [-0.39, 0.29) is 11.8 Å². The van der Waals surface area contributed by atoms with Crippen molar-refractivity contribution in [1.29, 1.82) is 0 Å². The van der Waals surface area contributed by atoms with Crippen molar-refractivity contribution in [3.8, 4) is 0 Å². The van der Waals surface area contributed by atoms with Crippen LogP contribution in [-0.4, -0.2) is 5.78 Å². The summed E-state index contributed by atoms with van der Waals surface area (Å²) in [7, 11) is 0. The van der Waals surface area contributed by atoms with Gasteiger partial charge in [0.05, 0.1) is 0 Å². The first kappa shape index (κ1) is 13.8. The van der Waals surface area contributed by atoms with E-state index in [2.05, 4.69) is 0 Å². The van der Waals surface area contributed by atoms with Crippen molar-refractivity contribution in [3.63, 3.8) is 0 Å². The van der Waals surface area contributed by atoms with Crippen molar-refractivity contribution in [2.24, 2.45) is 0 Å². The fourth-order valence-corrected chi connectivity index (χ4v) is 2.63. The molecule has 1 aromatic heterocycles. The summed E-state index contributed by atoms with van der Waals surface area (Å²) in [5.74, 6) is 0.0769. The van der Waals surface area contributed by atoms with Crippen LogP contribution in [-0.2, 0) is 0 Å². The van der Waals surface area contributed by atoms with Crippen molar-refractivity contribution in [2.45, 2.75) is 13.0 Å². The third-order valence-corrected chi connectivity index (χ3v) is 3.91. The number of benzene rings is 2. The van der Waals surface area contributed by atoms with Gasteiger partial charge in [0.15, 0.2) is 6.20 Å². The molecular weight excluding hydrogens is 282 g/mol. The molecular formula is C18H15ClNO+. The van der Waals surface area contributed by atoms with Crippen LogP contribution in [0.3, 0.4) is 0 Å². The maximum atomic E-state index is 12.6. The summed E-state index contributed by atoms with van der Waals surface area (Å²) in [6.45, 7) is 1.92. The average Bonchev–Trinajstić information content (AvgIpc) is 2.53. The number of fused-ring (bicyclic) bond motifs is 1. The fourth-order valence-electron chi connectivity index (χ4n) is 2.50. The summed E-state index contributed by atoms with van der Waals surface area (Å²) in [5.41, 5.74) is 1.72. The Morgan fingerprint density at radius 1 is 1.00 bits per heavy atom. The number of Topliss-reactive ketones (excluding diaryl/α,β-unsaturated/α-hetero) is 1. The highest BCUT2D eigenvalue weighted by Gasteiger charge is 2.25. The Bertz CT molecular complexity index is 790. The highest BCUT2D eigenvalue weighted by molar-refractivity contribution is 6.30. The van der Waals surface area contributed by atoms with E-state index < -0.39 is 0 Å². The zero-order valence-electron chi connectivity index (χ0n) is 11.7. The summed E-state index contributed by atoms with van der Waals surface area (Å²) in [6, 6.07) is 18.8. The van der Waals surface area contributed by atoms with Gasteiger partial charge in [-0.3, -0.25) is 4.79 Å². The van der Waals surface area contributed by atoms with E-state index in [4.69, 9.17) is 11.6 Å². The Hall–Kier alpha value is -2.19. The Kier molecular flexibility index (Phi) is 3.72. The molecule has 2 aromatic carbocycles. The Balaban J connectivity index is 2.02. The van der Waals surface area contributed by atoms with Gasteiger partial charge in [-0.2, -0.15) is 4.57 Å². The molecule has 3 aromatic rings. The van der Waals surface area contributed by atoms with Crippen LogP contribution in [0.1, 0.15) is 23.3 Å². The second-order valence-electron chi connectivity index (χ2n) is 5.02. The normalized spacial score (nSPS) is 12.3. The molecule has 1 heterocycles. The number of pyridine rings is 1. The molecule has 3 rings (SSSR count). The fraction of sp³-hybridized carbons (Fsp3) is 0.111. The molecule has 104 valence electrons. The van der Waals surface area contributed by atoms with Crippen LogP contribution in [0.25, 0.3) is 10.9 Å². The molecule has 0 bridgehead atoms. The lowest BCUT2D eigenvalue weighted by Gasteiger charge is -2.09. The van der Waals surface area contributed by atoms with Gasteiger partial charge in [-0.1, -0.05) is 23.7 Å². The van der Waals surface area contributed by atoms with Gasteiger partial charge in [0.25, 0.3) is 0 Å². The lowest BCUT2D eigenvalue weighted by atomic mass is 10.0. The first-order chi connectivity index (χ1) is 10.2. The summed E-state index contributed by atoms with van der Waals surface area (Å²) >= 11 is 5.87. The Labute approximate surface area is 128 Å². The highest BCUT2D eigenvalue weighted by atomic mass is 35.5. The molecule has 2 nitrogen and oxygen atoms in total. The summed E-state index contributed by atoms with van der Waals surface area (Å²) in [6.07, 6.45) is 1.95. The average molecular weight is 297 g/mol. The number of para-hydroxylation sites is 1. The van der Waals surface area contributed by atoms with Gasteiger partial charge < -0.3 is 0 Å². The van der Waals surface area contributed by atoms with E-state index in [0.29, 0.717) is 10.6 Å². The molecule has 0 N–H and O–H groups in total. The predicted molar refractivity (Wildman–Crippen MR) is 84.6 cm³/mol. The lowest BCUT2D eigenvalue weighted by Crippen LogP contribution is -2.42. The molecule has 1 atom stereocenters. The van der Waals surface area contributed by atoms with E-state index in [1.807, 2.05) is 54.1 Å². The molecule has 3 heteroatoms. The van der Waals surface area contributed by atoms with Crippen LogP contribution < -0.4 is 4.57 Å². The van der Waals surface area contributed by atoms with Crippen LogP contribution in [0, 0.1) is 0 Å². The van der Waals surface area contributed by atoms with E-state index in [0.717, 1.165) is 10.9 Å². The molecule has 0 aliphatic carbocycles. The van der Waals surface area contributed by atoms with E-state index >= 15 is 0 Å². The van der Waals surface area contributed by atoms with Crippen LogP contribution >= 0.6 is 11.6 Å². The first-order valence-corrected chi connectivity index (χ1v) is 7.23. The SMILES string of the molecule is C[C@H](C(=O)c1ccc(Cl)cc1)[n+]1cccc2ccccc21. The first-order valence-electron chi connectivity index (χ1n) is 6.85. The molecule has 0 spiro atoms. The maximum Gasteiger partial charge on any atom is 0.230 e. The predicted octanol–water partition coefficient (Wildman–Crippen LogP) is 4.22. The van der Waals surface area contributed by atoms with Crippen molar-refractivity contribution >= 4 is 28.3 Å². The van der Waals surface area contributed by atoms with Gasteiger partial charge in [-0.15, -0.1) is 0 Å². The zero-order valence-corrected chi connectivity index (χ0v) is 12.4. The number of hydrogen-bond acceptors (Lipinski definition) is 1. The molecule has 0 unspecified atom stereocenters. The molecule has 0 aliphatic heterocycles. The van der Waals surface area contributed by atoms with E-state index in [9.17, 15) is 4.79 Å². The van der Waals surface area contributed by atoms with Gasteiger partial charge in [-0.25, -0.2) is 0 Å². The third-order valence-electron chi connectivity index (χ3n) is 3.66. The second-order valence-corrected chi connectivity index (χ2v) is 5.46. The molecule has 0 aliphatic rings. The van der Waals surface area contributed by atoms with Crippen molar-refractivity contribution in [2.75, 3.05) is 0 Å². The minimum atomic E-state index is -0.266. The van der Waals surface area contributed by atoms with Gasteiger partial charge in [0.2, 0.25) is 17.3 Å². The van der Waals surface area contributed by atoms with Crippen molar-refractivity contribution in [1.82, 2.24) is 0 Å². The number of ketones is 1. The van der Waals surface area contributed by atoms with Gasteiger partial charge in [0, 0.05) is 35.0 Å². The topological polar surface area (TPSA) is 20.9 Å². The van der Waals surface area contributed by atoms with Crippen LogP contribution in [0.5, 0.6) is 0 Å². The number of halogens is 1.